The maximum absolute atomic E-state index is 12.9. The minimum atomic E-state index is -0.592. The van der Waals surface area contributed by atoms with Crippen molar-refractivity contribution >= 4 is 40.0 Å². The van der Waals surface area contributed by atoms with E-state index in [2.05, 4.69) is 56.7 Å². The Morgan fingerprint density at radius 2 is 1.65 bits per heavy atom. The van der Waals surface area contributed by atoms with Gasteiger partial charge >= 0.3 is 0 Å². The number of nitrogens with zero attached hydrogens (tertiary/aromatic N) is 4. The molecule has 0 bridgehead atoms. The van der Waals surface area contributed by atoms with Crippen molar-refractivity contribution in [3.8, 4) is 11.1 Å². The fourth-order valence-corrected chi connectivity index (χ4v) is 7.87. The second-order valence-corrected chi connectivity index (χ2v) is 14.4. The zero-order valence-corrected chi connectivity index (χ0v) is 28.7. The number of rotatable bonds is 10. The number of aryl methyl sites for hydroxylation is 1. The highest BCUT2D eigenvalue weighted by Gasteiger charge is 2.38. The molecule has 6 aromatic rings. The van der Waals surface area contributed by atoms with Crippen LogP contribution >= 0.6 is 23.1 Å². The highest BCUT2D eigenvalue weighted by molar-refractivity contribution is 8.01. The fraction of sp³-hybridized carbons (Fsp3) is 0.237. The number of para-hydroxylation sites is 2. The summed E-state index contributed by atoms with van der Waals surface area (Å²) in [6.45, 7) is 4.45. The van der Waals surface area contributed by atoms with Crippen LogP contribution in [0.2, 0.25) is 0 Å². The molecule has 4 aromatic carbocycles. The number of nitrogens with one attached hydrogen (secondary N) is 1. The molecule has 0 unspecified atom stereocenters. The summed E-state index contributed by atoms with van der Waals surface area (Å²) in [4.78, 5) is 21.7. The number of carbonyl (C=O) groups excluding carboxylic acids is 1. The number of hydrogen-bond acceptors (Lipinski definition) is 10. The molecule has 0 spiro atoms. The largest absolute Gasteiger partial charge is 0.392 e. The van der Waals surface area contributed by atoms with Gasteiger partial charge in [-0.05, 0) is 59.0 Å². The maximum Gasteiger partial charge on any atom is 0.271 e. The van der Waals surface area contributed by atoms with Crippen LogP contribution in [0.4, 0.5) is 0 Å². The van der Waals surface area contributed by atoms with Gasteiger partial charge in [-0.15, -0.1) is 10.2 Å². The molecule has 1 amide bonds. The smallest absolute Gasteiger partial charge is 0.271 e. The van der Waals surface area contributed by atoms with Gasteiger partial charge in [0.2, 0.25) is 0 Å². The van der Waals surface area contributed by atoms with Gasteiger partial charge in [0.25, 0.3) is 5.91 Å². The first kappa shape index (κ1) is 33.0. The number of fused-ring (bicyclic) bond motifs is 1. The molecule has 49 heavy (non-hydrogen) atoms. The van der Waals surface area contributed by atoms with Gasteiger partial charge in [0.15, 0.2) is 10.6 Å². The van der Waals surface area contributed by atoms with Crippen molar-refractivity contribution in [3.63, 3.8) is 0 Å². The van der Waals surface area contributed by atoms with E-state index in [1.807, 2.05) is 79.7 Å². The van der Waals surface area contributed by atoms with Gasteiger partial charge in [-0.3, -0.25) is 9.78 Å². The van der Waals surface area contributed by atoms with Crippen molar-refractivity contribution in [3.05, 3.63) is 136 Å². The van der Waals surface area contributed by atoms with Crippen LogP contribution < -0.4 is 5.32 Å². The number of thioether (sulfide) groups is 1. The van der Waals surface area contributed by atoms with Crippen LogP contribution in [0.3, 0.4) is 0 Å². The molecule has 1 saturated heterocycles. The van der Waals surface area contributed by atoms with E-state index < -0.39 is 6.29 Å². The summed E-state index contributed by atoms with van der Waals surface area (Å²) in [5.74, 6) is 0.494. The molecule has 3 heterocycles. The monoisotopic (exact) mass is 689 g/mol. The number of aliphatic hydroxyl groups is 1. The molecule has 4 atom stereocenters. The van der Waals surface area contributed by atoms with Crippen LogP contribution in [0.1, 0.15) is 57.1 Å². The van der Waals surface area contributed by atoms with Gasteiger partial charge in [-0.1, -0.05) is 103 Å². The number of amides is 1. The van der Waals surface area contributed by atoms with Crippen molar-refractivity contribution < 1.29 is 19.4 Å². The highest BCUT2D eigenvalue weighted by atomic mass is 32.2. The van der Waals surface area contributed by atoms with Crippen molar-refractivity contribution in [1.29, 1.82) is 0 Å². The zero-order valence-electron chi connectivity index (χ0n) is 27.0. The topological polar surface area (TPSA) is 119 Å². The Labute approximate surface area is 292 Å². The summed E-state index contributed by atoms with van der Waals surface area (Å²) in [5.41, 5.74) is 7.50. The molecular weight excluding hydrogens is 655 g/mol. The third kappa shape index (κ3) is 7.71. The van der Waals surface area contributed by atoms with E-state index in [1.165, 1.54) is 6.20 Å². The molecule has 1 aliphatic rings. The molecular formula is C38H35N5O4S2. The van der Waals surface area contributed by atoms with Crippen LogP contribution in [0.15, 0.2) is 108 Å². The quantitative estimate of drug-likeness (QED) is 0.141. The maximum atomic E-state index is 12.9. The number of aromatic nitrogens is 4. The lowest BCUT2D eigenvalue weighted by Gasteiger charge is -2.41. The number of ether oxygens (including phenoxy) is 2. The lowest BCUT2D eigenvalue weighted by Crippen LogP contribution is -2.38. The number of hydrogen-bond donors (Lipinski definition) is 2. The summed E-state index contributed by atoms with van der Waals surface area (Å²) < 4.78 is 14.3. The molecule has 9 nitrogen and oxygen atoms in total. The van der Waals surface area contributed by atoms with E-state index in [4.69, 9.17) is 9.47 Å². The lowest BCUT2D eigenvalue weighted by molar-refractivity contribution is -0.268. The molecule has 1 fully saturated rings. The van der Waals surface area contributed by atoms with Gasteiger partial charge in [0.1, 0.15) is 10.7 Å². The van der Waals surface area contributed by atoms with Crippen molar-refractivity contribution in [2.75, 3.05) is 5.75 Å². The van der Waals surface area contributed by atoms with Crippen LogP contribution in [0, 0.1) is 12.8 Å². The first-order chi connectivity index (χ1) is 23.9. The van der Waals surface area contributed by atoms with Gasteiger partial charge in [0, 0.05) is 23.8 Å². The average Bonchev–Trinajstić information content (AvgIpc) is 3.58. The van der Waals surface area contributed by atoms with Crippen molar-refractivity contribution in [1.82, 2.24) is 25.5 Å². The minimum Gasteiger partial charge on any atom is -0.392 e. The summed E-state index contributed by atoms with van der Waals surface area (Å²) in [5, 5.41) is 22.0. The average molecular weight is 690 g/mol. The summed E-state index contributed by atoms with van der Waals surface area (Å²) in [7, 11) is 0. The van der Waals surface area contributed by atoms with Gasteiger partial charge in [0.05, 0.1) is 36.0 Å². The Bertz CT molecular complexity index is 2070. The van der Waals surface area contributed by atoms with Crippen molar-refractivity contribution in [2.24, 2.45) is 5.92 Å². The molecule has 2 N–H and O–H groups in total. The molecule has 2 aromatic heterocycles. The SMILES string of the molecule is Cc1nnc(SC[C@H]2O[C@@H](c3cccc(-c4cccc(CNC(=O)c5cnc6ccccc6n5)c4)c3)O[C@@H](c3ccc(CO)cc3)[C@H]2C)s1. The molecule has 7 rings (SSSR count). The van der Waals surface area contributed by atoms with E-state index in [9.17, 15) is 9.90 Å². The normalized spacial score (nSPS) is 19.2. The number of carbonyl (C=O) groups is 1. The standard InChI is InChI=1S/C38H35N5O4S2/c1-23-34(22-48-38-43-42-24(2)49-38)46-37(47-35(23)27-15-13-25(21-44)14-16-27)30-10-6-9-29(18-30)28-8-5-7-26(17-28)19-40-36(45)33-20-39-31-11-3-4-12-32(31)41-33/h3-18,20,23,34-35,37,44H,19,21-22H2,1-2H3,(H,40,45)/t23-,34+,35+,37+/m0/s1. The third-order valence-corrected chi connectivity index (χ3v) is 10.6. The Balaban J connectivity index is 1.09. The summed E-state index contributed by atoms with van der Waals surface area (Å²) in [6.07, 6.45) is 0.589. The van der Waals surface area contributed by atoms with E-state index in [-0.39, 0.29) is 36.3 Å². The number of benzene rings is 4. The van der Waals surface area contributed by atoms with Crippen molar-refractivity contribution in [2.45, 2.75) is 49.8 Å². The second-order valence-electron chi connectivity index (χ2n) is 12.0. The molecule has 0 radical (unpaired) electrons. The van der Waals surface area contributed by atoms with Crippen LogP contribution in [-0.2, 0) is 22.6 Å². The van der Waals surface area contributed by atoms with Gasteiger partial charge in [-0.2, -0.15) is 0 Å². The first-order valence-electron chi connectivity index (χ1n) is 16.1. The van der Waals surface area contributed by atoms with E-state index >= 15 is 0 Å². The molecule has 11 heteroatoms. The van der Waals surface area contributed by atoms with E-state index in [0.717, 1.165) is 48.2 Å². The van der Waals surface area contributed by atoms with Crippen LogP contribution in [0.5, 0.6) is 0 Å². The minimum absolute atomic E-state index is 0.00682. The van der Waals surface area contributed by atoms with Crippen LogP contribution in [0.25, 0.3) is 22.2 Å². The Kier molecular flexibility index (Phi) is 10.1. The predicted molar refractivity (Wildman–Crippen MR) is 191 cm³/mol. The Morgan fingerprint density at radius 1 is 0.878 bits per heavy atom. The summed E-state index contributed by atoms with van der Waals surface area (Å²) in [6, 6.07) is 31.7. The predicted octanol–water partition coefficient (Wildman–Crippen LogP) is 7.46. The van der Waals surface area contributed by atoms with Gasteiger partial charge in [-0.25, -0.2) is 4.98 Å². The molecule has 248 valence electrons. The highest BCUT2D eigenvalue weighted by Crippen LogP contribution is 2.43. The molecule has 0 aliphatic carbocycles. The van der Waals surface area contributed by atoms with E-state index in [1.54, 1.807) is 23.1 Å². The van der Waals surface area contributed by atoms with Crippen LogP contribution in [-0.4, -0.2) is 43.0 Å². The van der Waals surface area contributed by atoms with E-state index in [0.29, 0.717) is 17.8 Å². The fourth-order valence-electron chi connectivity index (χ4n) is 5.87. The lowest BCUT2D eigenvalue weighted by atomic mass is 9.91. The Hall–Kier alpha value is -4.52. The number of aliphatic hydroxyl groups excluding tert-OH is 1. The summed E-state index contributed by atoms with van der Waals surface area (Å²) >= 11 is 3.24. The van der Waals surface area contributed by atoms with Gasteiger partial charge < -0.3 is 19.9 Å². The third-order valence-electron chi connectivity index (χ3n) is 8.56. The molecule has 0 saturated carbocycles. The molecule has 1 aliphatic heterocycles. The zero-order chi connectivity index (χ0) is 33.7. The first-order valence-corrected chi connectivity index (χ1v) is 17.9. The second kappa shape index (κ2) is 14.9. The Morgan fingerprint density at radius 3 is 2.43 bits per heavy atom.